The second-order valence-corrected chi connectivity index (χ2v) is 5.32. The lowest BCUT2D eigenvalue weighted by Gasteiger charge is -2.26. The van der Waals surface area contributed by atoms with Crippen molar-refractivity contribution >= 4 is 12.3 Å². The number of methoxy groups -OCH3 is 1. The zero-order chi connectivity index (χ0) is 17.7. The summed E-state index contributed by atoms with van der Waals surface area (Å²) in [6.07, 6.45) is -0.217. The molecular formula is C18H18O6. The fourth-order valence-electron chi connectivity index (χ4n) is 2.48. The van der Waals surface area contributed by atoms with E-state index in [1.807, 2.05) is 31.2 Å². The largest absolute Gasteiger partial charge is 0.508 e. The first-order valence-electron chi connectivity index (χ1n) is 7.25. The van der Waals surface area contributed by atoms with Gasteiger partial charge in [-0.15, -0.1) is 0 Å². The Bertz CT molecular complexity index is 753. The number of carbonyl (C=O) groups excluding carboxylic acids is 2. The molecule has 0 aliphatic carbocycles. The Morgan fingerprint density at radius 2 is 1.96 bits per heavy atom. The van der Waals surface area contributed by atoms with Crippen molar-refractivity contribution in [1.29, 1.82) is 0 Å². The minimum atomic E-state index is -0.393. The van der Waals surface area contributed by atoms with Gasteiger partial charge in [-0.1, -0.05) is 29.8 Å². The van der Waals surface area contributed by atoms with Crippen LogP contribution in [0.25, 0.3) is 0 Å². The Hall–Kier alpha value is -3.02. The Kier molecular flexibility index (Phi) is 5.42. The number of hydrogen-bond donors (Lipinski definition) is 2. The number of aryl methyl sites for hydroxylation is 1. The molecular weight excluding hydrogens is 312 g/mol. The number of Topliss-reactive ketones (excluding diaryl/α,β-unsaturated/α-hetero) is 1. The number of ether oxygens (including phenoxy) is 2. The van der Waals surface area contributed by atoms with Crippen LogP contribution in [-0.2, 0) is 9.53 Å². The van der Waals surface area contributed by atoms with E-state index in [2.05, 4.69) is 4.74 Å². The fraction of sp³-hybridized carbons (Fsp3) is 0.222. The molecule has 3 rings (SSSR count). The smallest absolute Gasteiger partial charge is 0.292 e. The van der Waals surface area contributed by atoms with Gasteiger partial charge in [-0.05, 0) is 12.5 Å². The molecule has 0 aromatic heterocycles. The number of rotatable bonds is 2. The lowest BCUT2D eigenvalue weighted by Crippen LogP contribution is -2.20. The van der Waals surface area contributed by atoms with Crippen molar-refractivity contribution in [2.45, 2.75) is 19.4 Å². The fourth-order valence-corrected chi connectivity index (χ4v) is 2.48. The molecule has 1 aliphatic heterocycles. The van der Waals surface area contributed by atoms with Crippen molar-refractivity contribution in [2.24, 2.45) is 0 Å². The normalized spacial score (nSPS) is 15.4. The molecule has 0 amide bonds. The van der Waals surface area contributed by atoms with Gasteiger partial charge in [0.1, 0.15) is 28.9 Å². The molecule has 1 atom stereocenters. The third-order valence-corrected chi connectivity index (χ3v) is 3.50. The third kappa shape index (κ3) is 3.84. The van der Waals surface area contributed by atoms with Crippen LogP contribution in [0.5, 0.6) is 17.2 Å². The number of hydrogen-bond acceptors (Lipinski definition) is 6. The zero-order valence-electron chi connectivity index (χ0n) is 13.4. The molecule has 0 fully saturated rings. The first-order chi connectivity index (χ1) is 11.5. The van der Waals surface area contributed by atoms with Gasteiger partial charge in [0.15, 0.2) is 5.78 Å². The number of ketones is 1. The minimum absolute atomic E-state index is 0.126. The first kappa shape index (κ1) is 17.3. The average molecular weight is 330 g/mol. The minimum Gasteiger partial charge on any atom is -0.508 e. The molecule has 2 aromatic rings. The highest BCUT2D eigenvalue weighted by Gasteiger charge is 2.30. The molecule has 1 heterocycles. The van der Waals surface area contributed by atoms with Gasteiger partial charge >= 0.3 is 0 Å². The van der Waals surface area contributed by atoms with Gasteiger partial charge in [0.2, 0.25) is 0 Å². The summed E-state index contributed by atoms with van der Waals surface area (Å²) in [5, 5.41) is 19.3. The molecule has 0 saturated carbocycles. The molecule has 0 bridgehead atoms. The number of phenolic OH excluding ortho intramolecular Hbond substituents is 2. The van der Waals surface area contributed by atoms with Gasteiger partial charge in [0, 0.05) is 12.1 Å². The van der Waals surface area contributed by atoms with Crippen molar-refractivity contribution in [3.05, 3.63) is 53.1 Å². The van der Waals surface area contributed by atoms with E-state index in [-0.39, 0.29) is 35.0 Å². The predicted octanol–water partition coefficient (Wildman–Crippen LogP) is 2.90. The van der Waals surface area contributed by atoms with Gasteiger partial charge in [0.05, 0.1) is 13.5 Å². The highest BCUT2D eigenvalue weighted by atomic mass is 16.5. The van der Waals surface area contributed by atoms with E-state index >= 15 is 0 Å². The number of aromatic hydroxyl groups is 2. The Morgan fingerprint density at radius 3 is 2.58 bits per heavy atom. The lowest BCUT2D eigenvalue weighted by molar-refractivity contribution is -0.126. The molecule has 1 aliphatic rings. The highest BCUT2D eigenvalue weighted by Crippen LogP contribution is 2.41. The number of carbonyl (C=O) groups is 2. The molecule has 0 spiro atoms. The quantitative estimate of drug-likeness (QED) is 0.823. The van der Waals surface area contributed by atoms with Gasteiger partial charge in [-0.3, -0.25) is 9.59 Å². The van der Waals surface area contributed by atoms with Crippen LogP contribution in [0.4, 0.5) is 0 Å². The first-order valence-corrected chi connectivity index (χ1v) is 7.25. The molecule has 1 unspecified atom stereocenters. The van der Waals surface area contributed by atoms with E-state index in [4.69, 9.17) is 9.53 Å². The van der Waals surface area contributed by atoms with Crippen LogP contribution in [0.1, 0.15) is 34.0 Å². The maximum absolute atomic E-state index is 12.2. The average Bonchev–Trinajstić information content (AvgIpc) is 2.54. The summed E-state index contributed by atoms with van der Waals surface area (Å²) in [4.78, 5) is 21.1. The highest BCUT2D eigenvalue weighted by molar-refractivity contribution is 6.02. The second kappa shape index (κ2) is 7.50. The van der Waals surface area contributed by atoms with Crippen LogP contribution < -0.4 is 4.74 Å². The van der Waals surface area contributed by atoms with E-state index in [9.17, 15) is 15.0 Å². The molecule has 24 heavy (non-hydrogen) atoms. The Morgan fingerprint density at radius 1 is 1.25 bits per heavy atom. The van der Waals surface area contributed by atoms with Crippen LogP contribution >= 0.6 is 0 Å². The number of fused-ring (bicyclic) bond motifs is 1. The lowest BCUT2D eigenvalue weighted by atomic mass is 9.95. The van der Waals surface area contributed by atoms with Gasteiger partial charge in [-0.25, -0.2) is 0 Å². The summed E-state index contributed by atoms with van der Waals surface area (Å²) in [7, 11) is 1.31. The SMILES string of the molecule is COC=O.Cc1cccc(C2CC(=O)c3c(O)cc(O)cc3O2)c1. The van der Waals surface area contributed by atoms with Crippen LogP contribution in [0.15, 0.2) is 36.4 Å². The molecule has 0 saturated heterocycles. The summed E-state index contributed by atoms with van der Waals surface area (Å²) >= 11 is 0. The number of phenols is 2. The summed E-state index contributed by atoms with van der Waals surface area (Å²) in [5.74, 6) is -0.327. The van der Waals surface area contributed by atoms with Crippen molar-refractivity contribution < 1.29 is 29.3 Å². The van der Waals surface area contributed by atoms with Crippen molar-refractivity contribution in [1.82, 2.24) is 0 Å². The van der Waals surface area contributed by atoms with E-state index < -0.39 is 6.10 Å². The van der Waals surface area contributed by atoms with Crippen molar-refractivity contribution in [3.8, 4) is 17.2 Å². The molecule has 0 radical (unpaired) electrons. The Balaban J connectivity index is 0.000000471. The van der Waals surface area contributed by atoms with Gasteiger partial charge < -0.3 is 19.7 Å². The van der Waals surface area contributed by atoms with Crippen molar-refractivity contribution in [2.75, 3.05) is 7.11 Å². The summed E-state index contributed by atoms with van der Waals surface area (Å²) in [6, 6.07) is 10.2. The summed E-state index contributed by atoms with van der Waals surface area (Å²) < 4.78 is 9.63. The van der Waals surface area contributed by atoms with E-state index in [1.165, 1.54) is 13.2 Å². The van der Waals surface area contributed by atoms with E-state index in [0.29, 0.717) is 6.47 Å². The second-order valence-electron chi connectivity index (χ2n) is 5.32. The summed E-state index contributed by atoms with van der Waals surface area (Å²) in [5.41, 5.74) is 2.14. The van der Waals surface area contributed by atoms with Crippen LogP contribution in [-0.4, -0.2) is 29.6 Å². The maximum atomic E-state index is 12.2. The van der Waals surface area contributed by atoms with E-state index in [0.717, 1.165) is 17.2 Å². The molecule has 2 aromatic carbocycles. The van der Waals surface area contributed by atoms with Crippen LogP contribution in [0.3, 0.4) is 0 Å². The van der Waals surface area contributed by atoms with E-state index in [1.54, 1.807) is 0 Å². The maximum Gasteiger partial charge on any atom is 0.292 e. The van der Waals surface area contributed by atoms with Crippen LogP contribution in [0.2, 0.25) is 0 Å². The number of benzene rings is 2. The van der Waals surface area contributed by atoms with Gasteiger partial charge in [-0.2, -0.15) is 0 Å². The van der Waals surface area contributed by atoms with Crippen molar-refractivity contribution in [3.63, 3.8) is 0 Å². The molecule has 2 N–H and O–H groups in total. The van der Waals surface area contributed by atoms with Crippen LogP contribution in [0, 0.1) is 6.92 Å². The zero-order valence-corrected chi connectivity index (χ0v) is 13.4. The standard InChI is InChI=1S/C16H14O4.C2H4O2/c1-9-3-2-4-10(5-9)14-8-13(19)16-12(18)6-11(17)7-15(16)20-14;1-4-2-3/h2-7,14,17-18H,8H2,1H3;2H,1H3. The monoisotopic (exact) mass is 330 g/mol. The molecule has 126 valence electrons. The molecule has 6 nitrogen and oxygen atoms in total. The van der Waals surface area contributed by atoms with Gasteiger partial charge in [0.25, 0.3) is 6.47 Å². The third-order valence-electron chi connectivity index (χ3n) is 3.50. The molecule has 6 heteroatoms. The Labute approximate surface area is 139 Å². The summed E-state index contributed by atoms with van der Waals surface area (Å²) in [6.45, 7) is 2.35. The topological polar surface area (TPSA) is 93.1 Å². The predicted molar refractivity (Wildman–Crippen MR) is 86.3 cm³/mol.